The standard InChI is InChI=1S/C13H9.C11H9.Zr/c1-3-7-12-10(5-1)9-11-6-2-4-8-13(11)12;1-2-6-10(7-3-1)11-8-4-5-9-11;/h1-9H;1-4,6-8H,5H2;. The van der Waals surface area contributed by atoms with Crippen molar-refractivity contribution in [2.75, 3.05) is 0 Å². The Morgan fingerprint density at radius 3 is 1.96 bits per heavy atom. The number of rotatable bonds is 3. The molecule has 0 radical (unpaired) electrons. The summed E-state index contributed by atoms with van der Waals surface area (Å²) in [4.78, 5) is 0. The van der Waals surface area contributed by atoms with Crippen LogP contribution in [0.25, 0.3) is 16.7 Å². The van der Waals surface area contributed by atoms with Gasteiger partial charge in [0.2, 0.25) is 0 Å². The average molecular weight is 398 g/mol. The van der Waals surface area contributed by atoms with Crippen molar-refractivity contribution in [2.45, 2.75) is 10.0 Å². The van der Waals surface area contributed by atoms with Crippen LogP contribution in [0.15, 0.2) is 94.3 Å². The molecule has 0 unspecified atom stereocenters. The molecule has 0 saturated carbocycles. The van der Waals surface area contributed by atoms with Crippen LogP contribution in [0.3, 0.4) is 0 Å². The second-order valence-corrected chi connectivity index (χ2v) is 10.2. The molecule has 0 bridgehead atoms. The molecule has 3 aromatic rings. The molecule has 0 saturated heterocycles. The molecule has 1 heteroatoms. The van der Waals surface area contributed by atoms with Crippen LogP contribution >= 0.6 is 0 Å². The van der Waals surface area contributed by atoms with Gasteiger partial charge in [-0.1, -0.05) is 0 Å². The fourth-order valence-electron chi connectivity index (χ4n) is 4.02. The van der Waals surface area contributed by atoms with Gasteiger partial charge in [-0.3, -0.25) is 0 Å². The number of allylic oxidation sites excluding steroid dienone is 4. The first-order chi connectivity index (χ1) is 12.4. The first-order valence-corrected chi connectivity index (χ1v) is 11.5. The summed E-state index contributed by atoms with van der Waals surface area (Å²) in [6.07, 6.45) is 5.85. The fourth-order valence-corrected chi connectivity index (χ4v) is 8.40. The Morgan fingerprint density at radius 1 is 0.680 bits per heavy atom. The first kappa shape index (κ1) is 15.3. The van der Waals surface area contributed by atoms with Crippen LogP contribution < -0.4 is 0 Å². The summed E-state index contributed by atoms with van der Waals surface area (Å²) < 4.78 is 2.37. The molecule has 3 aromatic carbocycles. The van der Waals surface area contributed by atoms with Crippen molar-refractivity contribution in [1.82, 2.24) is 0 Å². The Morgan fingerprint density at radius 2 is 1.28 bits per heavy atom. The topological polar surface area (TPSA) is 0 Å². The molecule has 0 heterocycles. The van der Waals surface area contributed by atoms with Gasteiger partial charge in [-0.15, -0.1) is 0 Å². The summed E-state index contributed by atoms with van der Waals surface area (Å²) in [5, 5.41) is 0. The van der Waals surface area contributed by atoms with Crippen LogP contribution in [-0.4, -0.2) is 0 Å². The summed E-state index contributed by atoms with van der Waals surface area (Å²) >= 11 is -0.770. The zero-order chi connectivity index (χ0) is 16.6. The van der Waals surface area contributed by atoms with Gasteiger partial charge in [-0.2, -0.15) is 0 Å². The van der Waals surface area contributed by atoms with Gasteiger partial charge in [-0.25, -0.2) is 0 Å². The SMILES string of the molecule is C1=CC(c2ccccc2)=[C]([Zr][CH]2c3ccccc3-c3ccccc32)C1. The van der Waals surface area contributed by atoms with Crippen molar-refractivity contribution in [2.24, 2.45) is 0 Å². The summed E-state index contributed by atoms with van der Waals surface area (Å²) in [6.45, 7) is 0. The van der Waals surface area contributed by atoms with Gasteiger partial charge in [0.25, 0.3) is 0 Å². The predicted octanol–water partition coefficient (Wildman–Crippen LogP) is 6.21. The van der Waals surface area contributed by atoms with Gasteiger partial charge in [0.15, 0.2) is 0 Å². The Labute approximate surface area is 160 Å². The maximum atomic E-state index is 2.35. The molecule has 0 N–H and O–H groups in total. The van der Waals surface area contributed by atoms with Crippen molar-refractivity contribution >= 4 is 5.57 Å². The monoisotopic (exact) mass is 396 g/mol. The molecule has 0 nitrogen and oxygen atoms in total. The van der Waals surface area contributed by atoms with E-state index in [0.717, 1.165) is 6.42 Å². The molecule has 118 valence electrons. The normalized spacial score (nSPS) is 15.4. The second-order valence-electron chi connectivity index (χ2n) is 6.62. The van der Waals surface area contributed by atoms with Crippen molar-refractivity contribution in [1.29, 1.82) is 0 Å². The van der Waals surface area contributed by atoms with Gasteiger partial charge >= 0.3 is 161 Å². The second kappa shape index (κ2) is 6.39. The fraction of sp³-hybridized carbons (Fsp3) is 0.0833. The predicted molar refractivity (Wildman–Crippen MR) is 101 cm³/mol. The summed E-state index contributed by atoms with van der Waals surface area (Å²) in [7, 11) is 0. The van der Waals surface area contributed by atoms with E-state index in [1.807, 2.05) is 0 Å². The average Bonchev–Trinajstić information content (AvgIpc) is 3.27. The number of hydrogen-bond acceptors (Lipinski definition) is 0. The number of benzene rings is 3. The molecule has 2 aliphatic carbocycles. The molecule has 25 heavy (non-hydrogen) atoms. The zero-order valence-corrected chi connectivity index (χ0v) is 16.4. The molecule has 0 spiro atoms. The summed E-state index contributed by atoms with van der Waals surface area (Å²) in [5.74, 6) is 0. The quantitative estimate of drug-likeness (QED) is 0.493. The van der Waals surface area contributed by atoms with Crippen LogP contribution in [-0.2, 0) is 23.2 Å². The van der Waals surface area contributed by atoms with Crippen LogP contribution in [0.5, 0.6) is 0 Å². The molecule has 0 atom stereocenters. The van der Waals surface area contributed by atoms with E-state index in [9.17, 15) is 0 Å². The van der Waals surface area contributed by atoms with Crippen LogP contribution in [0.2, 0.25) is 0 Å². The third-order valence-corrected chi connectivity index (χ3v) is 9.43. The Kier molecular flexibility index (Phi) is 3.91. The number of hydrogen-bond donors (Lipinski definition) is 0. The van der Waals surface area contributed by atoms with Gasteiger partial charge in [0.05, 0.1) is 0 Å². The van der Waals surface area contributed by atoms with Crippen molar-refractivity contribution < 1.29 is 23.2 Å². The van der Waals surface area contributed by atoms with Gasteiger partial charge in [0, 0.05) is 0 Å². The van der Waals surface area contributed by atoms with E-state index in [2.05, 4.69) is 91.0 Å². The van der Waals surface area contributed by atoms with E-state index in [1.165, 1.54) is 22.3 Å². The third-order valence-electron chi connectivity index (χ3n) is 5.17. The Bertz CT molecular complexity index is 950. The minimum absolute atomic E-state index is 0.643. The van der Waals surface area contributed by atoms with E-state index < -0.39 is 23.2 Å². The molecule has 0 amide bonds. The number of fused-ring (bicyclic) bond motifs is 3. The van der Waals surface area contributed by atoms with E-state index in [1.54, 1.807) is 14.4 Å². The van der Waals surface area contributed by atoms with E-state index >= 15 is 0 Å². The molecule has 0 aliphatic heterocycles. The molecule has 5 rings (SSSR count). The van der Waals surface area contributed by atoms with Crippen molar-refractivity contribution in [3.63, 3.8) is 0 Å². The van der Waals surface area contributed by atoms with Crippen molar-refractivity contribution in [3.05, 3.63) is 111 Å². The van der Waals surface area contributed by atoms with Gasteiger partial charge < -0.3 is 0 Å². The van der Waals surface area contributed by atoms with Gasteiger partial charge in [-0.05, 0) is 0 Å². The molecular formula is C24H18Zr. The van der Waals surface area contributed by atoms with Crippen LogP contribution in [0.4, 0.5) is 0 Å². The molecule has 2 aliphatic rings. The summed E-state index contributed by atoms with van der Waals surface area (Å²) in [5.41, 5.74) is 8.90. The molecular weight excluding hydrogens is 379 g/mol. The van der Waals surface area contributed by atoms with E-state index in [0.29, 0.717) is 3.63 Å². The third kappa shape index (κ3) is 2.62. The van der Waals surface area contributed by atoms with Crippen molar-refractivity contribution in [3.8, 4) is 11.1 Å². The molecule has 0 aromatic heterocycles. The van der Waals surface area contributed by atoms with E-state index in [-0.39, 0.29) is 0 Å². The molecule has 0 fully saturated rings. The van der Waals surface area contributed by atoms with Gasteiger partial charge in [0.1, 0.15) is 0 Å². The van der Waals surface area contributed by atoms with Crippen LogP contribution in [0.1, 0.15) is 26.7 Å². The zero-order valence-electron chi connectivity index (χ0n) is 13.9. The minimum atomic E-state index is -0.770. The Hall–Kier alpha value is -1.98. The van der Waals surface area contributed by atoms with Crippen LogP contribution in [0, 0.1) is 0 Å². The maximum absolute atomic E-state index is 2.35. The first-order valence-electron chi connectivity index (χ1n) is 8.82. The Balaban J connectivity index is 1.59. The summed E-state index contributed by atoms with van der Waals surface area (Å²) in [6, 6.07) is 29.0. The van der Waals surface area contributed by atoms with E-state index in [4.69, 9.17) is 0 Å².